The first-order valence-electron chi connectivity index (χ1n) is 8.85. The Balaban J connectivity index is 1.76. The Kier molecular flexibility index (Phi) is 7.70. The summed E-state index contributed by atoms with van der Waals surface area (Å²) in [4.78, 5) is 26.3. The fraction of sp³-hybridized carbons (Fsp3) is 0.333. The van der Waals surface area contributed by atoms with Crippen molar-refractivity contribution in [3.63, 3.8) is 0 Å². The van der Waals surface area contributed by atoms with Crippen LogP contribution >= 0.6 is 0 Å². The van der Waals surface area contributed by atoms with Crippen LogP contribution in [0.5, 0.6) is 0 Å². The fourth-order valence-corrected chi connectivity index (χ4v) is 2.66. The van der Waals surface area contributed by atoms with Crippen molar-refractivity contribution in [2.24, 2.45) is 0 Å². The molecular formula is C21H26N2O2. The molecule has 4 heteroatoms. The van der Waals surface area contributed by atoms with Crippen molar-refractivity contribution in [1.82, 2.24) is 10.2 Å². The van der Waals surface area contributed by atoms with E-state index in [0.717, 1.165) is 18.5 Å². The number of carbonyl (C=O) groups is 2. The van der Waals surface area contributed by atoms with Gasteiger partial charge in [-0.2, -0.15) is 0 Å². The summed E-state index contributed by atoms with van der Waals surface area (Å²) in [7, 11) is 0. The predicted molar refractivity (Wildman–Crippen MR) is 100 cm³/mol. The fourth-order valence-electron chi connectivity index (χ4n) is 2.66. The van der Waals surface area contributed by atoms with E-state index in [1.54, 1.807) is 12.1 Å². The zero-order valence-electron chi connectivity index (χ0n) is 14.8. The van der Waals surface area contributed by atoms with E-state index in [1.165, 1.54) is 0 Å². The van der Waals surface area contributed by atoms with Crippen LogP contribution in [0.25, 0.3) is 0 Å². The minimum atomic E-state index is -0.0947. The third kappa shape index (κ3) is 6.42. The molecule has 0 spiro atoms. The highest BCUT2D eigenvalue weighted by Gasteiger charge is 2.13. The van der Waals surface area contributed by atoms with Crippen molar-refractivity contribution < 1.29 is 9.59 Å². The molecule has 0 radical (unpaired) electrons. The molecule has 2 aromatic rings. The number of nitrogens with zero attached hydrogens (tertiary/aromatic N) is 1. The lowest BCUT2D eigenvalue weighted by Gasteiger charge is -2.22. The summed E-state index contributed by atoms with van der Waals surface area (Å²) >= 11 is 0. The number of rotatable bonds is 9. The van der Waals surface area contributed by atoms with Gasteiger partial charge in [0, 0.05) is 31.6 Å². The number of hydrogen-bond acceptors (Lipinski definition) is 2. The van der Waals surface area contributed by atoms with Gasteiger partial charge in [0.15, 0.2) is 0 Å². The maximum absolute atomic E-state index is 12.5. The molecular weight excluding hydrogens is 312 g/mol. The molecule has 0 saturated heterocycles. The highest BCUT2D eigenvalue weighted by Crippen LogP contribution is 2.08. The summed E-state index contributed by atoms with van der Waals surface area (Å²) in [6.45, 7) is 3.98. The van der Waals surface area contributed by atoms with E-state index >= 15 is 0 Å². The molecule has 0 unspecified atom stereocenters. The van der Waals surface area contributed by atoms with Gasteiger partial charge in [0.1, 0.15) is 0 Å². The van der Waals surface area contributed by atoms with Crippen LogP contribution in [-0.4, -0.2) is 29.8 Å². The van der Waals surface area contributed by atoms with E-state index in [2.05, 4.69) is 12.2 Å². The summed E-state index contributed by atoms with van der Waals surface area (Å²) in [5, 5.41) is 2.87. The van der Waals surface area contributed by atoms with Gasteiger partial charge in [0.2, 0.25) is 5.91 Å². The quantitative estimate of drug-likeness (QED) is 0.710. The Morgan fingerprint density at radius 2 is 1.60 bits per heavy atom. The Bertz CT molecular complexity index is 656. The first-order chi connectivity index (χ1) is 12.2. The van der Waals surface area contributed by atoms with Crippen molar-refractivity contribution in [2.75, 3.05) is 13.1 Å². The van der Waals surface area contributed by atoms with Crippen LogP contribution in [0.4, 0.5) is 0 Å². The second-order valence-electron chi connectivity index (χ2n) is 6.03. The highest BCUT2D eigenvalue weighted by atomic mass is 16.2. The van der Waals surface area contributed by atoms with E-state index in [9.17, 15) is 9.59 Å². The van der Waals surface area contributed by atoms with Crippen molar-refractivity contribution in [3.05, 3.63) is 71.8 Å². The molecule has 2 rings (SSSR count). The highest BCUT2D eigenvalue weighted by molar-refractivity contribution is 5.94. The smallest absolute Gasteiger partial charge is 0.251 e. The first kappa shape index (κ1) is 18.7. The molecule has 0 bridgehead atoms. The molecule has 0 aliphatic rings. The summed E-state index contributed by atoms with van der Waals surface area (Å²) < 4.78 is 0. The number of amides is 2. The lowest BCUT2D eigenvalue weighted by molar-refractivity contribution is -0.131. The minimum Gasteiger partial charge on any atom is -0.352 e. The van der Waals surface area contributed by atoms with Gasteiger partial charge in [-0.25, -0.2) is 0 Å². The minimum absolute atomic E-state index is 0.0947. The van der Waals surface area contributed by atoms with Crippen LogP contribution in [0, 0.1) is 0 Å². The normalized spacial score (nSPS) is 10.3. The van der Waals surface area contributed by atoms with E-state index in [4.69, 9.17) is 0 Å². The standard InChI is InChI=1S/C21H26N2O2/c1-2-16-23(17-18-10-5-3-6-11-18)20(24)14-9-15-22-21(25)19-12-7-4-8-13-19/h3-8,10-13H,2,9,14-17H2,1H3,(H,22,25). The lowest BCUT2D eigenvalue weighted by Crippen LogP contribution is -2.32. The van der Waals surface area contributed by atoms with Crippen LogP contribution in [-0.2, 0) is 11.3 Å². The molecule has 2 aromatic carbocycles. The molecule has 0 saturated carbocycles. The zero-order chi connectivity index (χ0) is 17.9. The molecule has 0 aliphatic carbocycles. The molecule has 0 aliphatic heterocycles. The maximum atomic E-state index is 12.5. The Labute approximate surface area is 149 Å². The van der Waals surface area contributed by atoms with E-state index < -0.39 is 0 Å². The van der Waals surface area contributed by atoms with Crippen molar-refractivity contribution in [2.45, 2.75) is 32.7 Å². The van der Waals surface area contributed by atoms with E-state index in [0.29, 0.717) is 31.5 Å². The molecule has 2 amide bonds. The summed E-state index contributed by atoms with van der Waals surface area (Å²) in [5.74, 6) is 0.0439. The summed E-state index contributed by atoms with van der Waals surface area (Å²) in [5.41, 5.74) is 1.78. The number of benzene rings is 2. The molecule has 0 heterocycles. The van der Waals surface area contributed by atoms with E-state index in [1.807, 2.05) is 53.4 Å². The van der Waals surface area contributed by atoms with Crippen LogP contribution < -0.4 is 5.32 Å². The van der Waals surface area contributed by atoms with Gasteiger partial charge < -0.3 is 10.2 Å². The monoisotopic (exact) mass is 338 g/mol. The topological polar surface area (TPSA) is 49.4 Å². The van der Waals surface area contributed by atoms with Gasteiger partial charge in [0.25, 0.3) is 5.91 Å². The summed E-state index contributed by atoms with van der Waals surface area (Å²) in [6.07, 6.45) is 2.03. The van der Waals surface area contributed by atoms with Gasteiger partial charge >= 0.3 is 0 Å². The third-order valence-electron chi connectivity index (χ3n) is 3.95. The van der Waals surface area contributed by atoms with Crippen LogP contribution in [0.15, 0.2) is 60.7 Å². The number of hydrogen-bond donors (Lipinski definition) is 1. The van der Waals surface area contributed by atoms with Crippen LogP contribution in [0.2, 0.25) is 0 Å². The Morgan fingerprint density at radius 1 is 0.960 bits per heavy atom. The number of carbonyl (C=O) groups excluding carboxylic acids is 2. The number of nitrogens with one attached hydrogen (secondary N) is 1. The SMILES string of the molecule is CCCN(Cc1ccccc1)C(=O)CCCNC(=O)c1ccccc1. The molecule has 132 valence electrons. The van der Waals surface area contributed by atoms with Crippen molar-refractivity contribution in [3.8, 4) is 0 Å². The third-order valence-corrected chi connectivity index (χ3v) is 3.95. The van der Waals surface area contributed by atoms with Gasteiger partial charge in [-0.05, 0) is 30.5 Å². The van der Waals surface area contributed by atoms with E-state index in [-0.39, 0.29) is 11.8 Å². The first-order valence-corrected chi connectivity index (χ1v) is 8.85. The van der Waals surface area contributed by atoms with Gasteiger partial charge in [-0.15, -0.1) is 0 Å². The molecule has 0 fully saturated rings. The predicted octanol–water partition coefficient (Wildman–Crippen LogP) is 3.64. The molecule has 0 aromatic heterocycles. The lowest BCUT2D eigenvalue weighted by atomic mass is 10.2. The molecule has 25 heavy (non-hydrogen) atoms. The molecule has 1 N–H and O–H groups in total. The largest absolute Gasteiger partial charge is 0.352 e. The second-order valence-corrected chi connectivity index (χ2v) is 6.03. The second kappa shape index (κ2) is 10.3. The van der Waals surface area contributed by atoms with Gasteiger partial charge in [-0.1, -0.05) is 55.5 Å². The average molecular weight is 338 g/mol. The van der Waals surface area contributed by atoms with Gasteiger partial charge in [0.05, 0.1) is 0 Å². The Morgan fingerprint density at radius 3 is 2.24 bits per heavy atom. The maximum Gasteiger partial charge on any atom is 0.251 e. The zero-order valence-corrected chi connectivity index (χ0v) is 14.8. The average Bonchev–Trinajstić information content (AvgIpc) is 2.66. The van der Waals surface area contributed by atoms with Crippen LogP contribution in [0.1, 0.15) is 42.1 Å². The van der Waals surface area contributed by atoms with Crippen molar-refractivity contribution in [1.29, 1.82) is 0 Å². The molecule has 0 atom stereocenters. The summed E-state index contributed by atoms with van der Waals surface area (Å²) in [6, 6.07) is 19.1. The van der Waals surface area contributed by atoms with Gasteiger partial charge in [-0.3, -0.25) is 9.59 Å². The van der Waals surface area contributed by atoms with Crippen molar-refractivity contribution >= 4 is 11.8 Å². The Hall–Kier alpha value is -2.62. The molecule has 4 nitrogen and oxygen atoms in total. The van der Waals surface area contributed by atoms with Crippen LogP contribution in [0.3, 0.4) is 0 Å².